The van der Waals surface area contributed by atoms with Crippen LogP contribution in [-0.2, 0) is 0 Å². The minimum absolute atomic E-state index is 0.303. The van der Waals surface area contributed by atoms with Gasteiger partial charge in [-0.3, -0.25) is 0 Å². The van der Waals surface area contributed by atoms with Gasteiger partial charge in [-0.25, -0.2) is 19.9 Å². The zero-order chi connectivity index (χ0) is 16.8. The predicted molar refractivity (Wildman–Crippen MR) is 92.9 cm³/mol. The molecule has 0 aliphatic heterocycles. The van der Waals surface area contributed by atoms with Crippen LogP contribution in [0.5, 0.6) is 12.0 Å². The topological polar surface area (TPSA) is 70.0 Å². The quantitative estimate of drug-likeness (QED) is 0.604. The molecule has 3 rings (SSSR count). The van der Waals surface area contributed by atoms with Gasteiger partial charge in [-0.2, -0.15) is 0 Å². The fourth-order valence-electron chi connectivity index (χ4n) is 1.93. The first-order chi connectivity index (χ1) is 11.7. The van der Waals surface area contributed by atoms with Crippen molar-refractivity contribution < 1.29 is 9.47 Å². The molecule has 3 aromatic rings. The fraction of sp³-hybridized carbons (Fsp3) is 0.176. The van der Waals surface area contributed by atoms with Gasteiger partial charge in [-0.15, -0.1) is 0 Å². The molecule has 0 saturated heterocycles. The number of nitrogens with zero attached hydrogens (tertiary/aromatic N) is 4. The lowest BCUT2D eigenvalue weighted by atomic mass is 10.1. The fourth-order valence-corrected chi connectivity index (χ4v) is 2.13. The van der Waals surface area contributed by atoms with Gasteiger partial charge in [0, 0.05) is 30.4 Å². The van der Waals surface area contributed by atoms with Gasteiger partial charge in [-0.05, 0) is 28.4 Å². The minimum atomic E-state index is 0.303. The van der Waals surface area contributed by atoms with Crippen molar-refractivity contribution >= 4 is 15.9 Å². The number of aryl methyl sites for hydroxylation is 1. The summed E-state index contributed by atoms with van der Waals surface area (Å²) in [5, 5.41) is 0. The number of ether oxygens (including phenoxy) is 2. The second-order valence-corrected chi connectivity index (χ2v) is 5.92. The Morgan fingerprint density at radius 1 is 0.750 bits per heavy atom. The number of aromatic nitrogens is 4. The van der Waals surface area contributed by atoms with E-state index in [1.165, 1.54) is 5.56 Å². The maximum absolute atomic E-state index is 5.45. The monoisotopic (exact) mass is 386 g/mol. The maximum atomic E-state index is 5.45. The van der Waals surface area contributed by atoms with Crippen molar-refractivity contribution in [1.29, 1.82) is 0 Å². The van der Waals surface area contributed by atoms with Crippen LogP contribution < -0.4 is 9.47 Å². The first kappa shape index (κ1) is 16.3. The SMILES string of the molecule is Cc1ccc(-c2cnc(OCCOc3ncc(Br)cn3)nc2)cc1. The summed E-state index contributed by atoms with van der Waals surface area (Å²) in [5.41, 5.74) is 3.24. The second kappa shape index (κ2) is 7.83. The molecular formula is C17H15BrN4O2. The Morgan fingerprint density at radius 3 is 1.79 bits per heavy atom. The van der Waals surface area contributed by atoms with E-state index in [1.54, 1.807) is 24.8 Å². The lowest BCUT2D eigenvalue weighted by Gasteiger charge is -2.06. The number of rotatable bonds is 6. The maximum Gasteiger partial charge on any atom is 0.316 e. The number of halogens is 1. The predicted octanol–water partition coefficient (Wildman–Crippen LogP) is 3.46. The molecule has 0 aliphatic rings. The largest absolute Gasteiger partial charge is 0.460 e. The molecule has 2 aromatic heterocycles. The van der Waals surface area contributed by atoms with E-state index in [0.29, 0.717) is 25.2 Å². The molecule has 0 N–H and O–H groups in total. The molecule has 1 aromatic carbocycles. The molecule has 24 heavy (non-hydrogen) atoms. The Hall–Kier alpha value is -2.54. The Morgan fingerprint density at radius 2 is 1.25 bits per heavy atom. The number of benzene rings is 1. The first-order valence-corrected chi connectivity index (χ1v) is 8.12. The van der Waals surface area contributed by atoms with E-state index in [1.807, 2.05) is 12.1 Å². The Labute approximate surface area is 148 Å². The molecule has 7 heteroatoms. The summed E-state index contributed by atoms with van der Waals surface area (Å²) >= 11 is 3.26. The van der Waals surface area contributed by atoms with Crippen molar-refractivity contribution in [2.75, 3.05) is 13.2 Å². The van der Waals surface area contributed by atoms with Gasteiger partial charge in [0.15, 0.2) is 0 Å². The third-order valence-corrected chi connectivity index (χ3v) is 3.56. The van der Waals surface area contributed by atoms with E-state index in [-0.39, 0.29) is 0 Å². The molecule has 0 atom stereocenters. The van der Waals surface area contributed by atoms with Gasteiger partial charge in [0.2, 0.25) is 0 Å². The van der Waals surface area contributed by atoms with Crippen molar-refractivity contribution in [3.63, 3.8) is 0 Å². The van der Waals surface area contributed by atoms with Crippen LogP contribution in [0.1, 0.15) is 5.56 Å². The van der Waals surface area contributed by atoms with Gasteiger partial charge in [0.1, 0.15) is 13.2 Å². The summed E-state index contributed by atoms with van der Waals surface area (Å²) in [7, 11) is 0. The zero-order valence-electron chi connectivity index (χ0n) is 13.0. The van der Waals surface area contributed by atoms with Gasteiger partial charge in [0.05, 0.1) is 4.47 Å². The minimum Gasteiger partial charge on any atom is -0.460 e. The molecule has 0 bridgehead atoms. The van der Waals surface area contributed by atoms with Crippen LogP contribution in [0.3, 0.4) is 0 Å². The molecule has 2 heterocycles. The van der Waals surface area contributed by atoms with Crippen LogP contribution in [0.25, 0.3) is 11.1 Å². The first-order valence-electron chi connectivity index (χ1n) is 7.33. The molecule has 0 radical (unpaired) electrons. The molecule has 0 fully saturated rings. The molecule has 0 aliphatic carbocycles. The number of hydrogen-bond donors (Lipinski definition) is 0. The highest BCUT2D eigenvalue weighted by Crippen LogP contribution is 2.18. The third-order valence-electron chi connectivity index (χ3n) is 3.16. The van der Waals surface area contributed by atoms with E-state index in [9.17, 15) is 0 Å². The molecule has 6 nitrogen and oxygen atoms in total. The summed E-state index contributed by atoms with van der Waals surface area (Å²) in [6, 6.07) is 8.81. The van der Waals surface area contributed by atoms with Crippen molar-refractivity contribution in [2.24, 2.45) is 0 Å². The van der Waals surface area contributed by atoms with E-state index in [4.69, 9.17) is 9.47 Å². The Bertz CT molecular complexity index is 777. The average Bonchev–Trinajstić information content (AvgIpc) is 2.62. The van der Waals surface area contributed by atoms with Crippen LogP contribution >= 0.6 is 15.9 Å². The molecule has 0 amide bonds. The highest BCUT2D eigenvalue weighted by atomic mass is 79.9. The summed E-state index contributed by atoms with van der Waals surface area (Å²) in [5.74, 6) is 0. The Balaban J connectivity index is 1.49. The van der Waals surface area contributed by atoms with Crippen LogP contribution in [0.4, 0.5) is 0 Å². The average molecular weight is 387 g/mol. The summed E-state index contributed by atoms with van der Waals surface area (Å²) in [6.07, 6.45) is 6.73. The standard InChI is InChI=1S/C17H15BrN4O2/c1-12-2-4-13(5-3-12)14-8-19-16(20-9-14)23-6-7-24-17-21-10-15(18)11-22-17/h2-5,8-11H,6-7H2,1H3. The van der Waals surface area contributed by atoms with E-state index >= 15 is 0 Å². The smallest absolute Gasteiger partial charge is 0.316 e. The van der Waals surface area contributed by atoms with Gasteiger partial charge < -0.3 is 9.47 Å². The van der Waals surface area contributed by atoms with Crippen molar-refractivity contribution in [1.82, 2.24) is 19.9 Å². The lowest BCUT2D eigenvalue weighted by Crippen LogP contribution is -2.11. The third kappa shape index (κ3) is 4.48. The molecule has 0 saturated carbocycles. The molecule has 122 valence electrons. The molecular weight excluding hydrogens is 372 g/mol. The highest BCUT2D eigenvalue weighted by Gasteiger charge is 2.02. The molecule has 0 spiro atoms. The summed E-state index contributed by atoms with van der Waals surface area (Å²) in [6.45, 7) is 2.67. The zero-order valence-corrected chi connectivity index (χ0v) is 14.6. The van der Waals surface area contributed by atoms with Gasteiger partial charge >= 0.3 is 12.0 Å². The van der Waals surface area contributed by atoms with Crippen LogP contribution in [0.2, 0.25) is 0 Å². The number of hydrogen-bond acceptors (Lipinski definition) is 6. The normalized spacial score (nSPS) is 10.4. The summed E-state index contributed by atoms with van der Waals surface area (Å²) in [4.78, 5) is 16.4. The summed E-state index contributed by atoms with van der Waals surface area (Å²) < 4.78 is 11.6. The van der Waals surface area contributed by atoms with Crippen LogP contribution in [0.15, 0.2) is 53.5 Å². The lowest BCUT2D eigenvalue weighted by molar-refractivity contribution is 0.196. The van der Waals surface area contributed by atoms with Gasteiger partial charge in [0.25, 0.3) is 0 Å². The second-order valence-electron chi connectivity index (χ2n) is 5.00. The van der Waals surface area contributed by atoms with Crippen molar-refractivity contribution in [3.05, 3.63) is 59.1 Å². The van der Waals surface area contributed by atoms with Crippen molar-refractivity contribution in [2.45, 2.75) is 6.92 Å². The van der Waals surface area contributed by atoms with E-state index in [2.05, 4.69) is 54.9 Å². The van der Waals surface area contributed by atoms with Crippen LogP contribution in [0, 0.1) is 6.92 Å². The van der Waals surface area contributed by atoms with E-state index in [0.717, 1.165) is 15.6 Å². The molecule has 0 unspecified atom stereocenters. The van der Waals surface area contributed by atoms with Crippen LogP contribution in [-0.4, -0.2) is 33.1 Å². The van der Waals surface area contributed by atoms with Crippen molar-refractivity contribution in [3.8, 4) is 23.1 Å². The highest BCUT2D eigenvalue weighted by molar-refractivity contribution is 9.10. The van der Waals surface area contributed by atoms with Gasteiger partial charge in [-0.1, -0.05) is 29.8 Å². The van der Waals surface area contributed by atoms with E-state index < -0.39 is 0 Å². The Kier molecular flexibility index (Phi) is 5.32.